The smallest absolute Gasteiger partial charge is 0.148 e. The fourth-order valence-corrected chi connectivity index (χ4v) is 2.43. The monoisotopic (exact) mass is 285 g/mol. The first-order valence-corrected chi connectivity index (χ1v) is 6.13. The molecule has 1 fully saturated rings. The van der Waals surface area contributed by atoms with Crippen LogP contribution in [0.4, 0.5) is 11.6 Å². The van der Waals surface area contributed by atoms with Crippen molar-refractivity contribution in [1.82, 2.24) is 14.9 Å². The number of anilines is 2. The Balaban J connectivity index is 2.20. The first kappa shape index (κ1) is 11.6. The highest BCUT2D eigenvalue weighted by Crippen LogP contribution is 2.29. The first-order valence-electron chi connectivity index (χ1n) is 5.34. The lowest BCUT2D eigenvalue weighted by atomic mass is 10.3. The summed E-state index contributed by atoms with van der Waals surface area (Å²) in [5, 5.41) is 3.05. The van der Waals surface area contributed by atoms with E-state index in [0.29, 0.717) is 0 Å². The highest BCUT2D eigenvalue weighted by atomic mass is 79.9. The van der Waals surface area contributed by atoms with E-state index in [9.17, 15) is 0 Å². The van der Waals surface area contributed by atoms with Crippen LogP contribution in [0.5, 0.6) is 0 Å². The van der Waals surface area contributed by atoms with E-state index in [1.807, 2.05) is 7.05 Å². The number of rotatable bonds is 2. The lowest BCUT2D eigenvalue weighted by Gasteiger charge is -2.33. The Bertz CT molecular complexity index is 362. The molecule has 1 aromatic rings. The van der Waals surface area contributed by atoms with Crippen molar-refractivity contribution in [1.29, 1.82) is 0 Å². The number of hydrogen-bond acceptors (Lipinski definition) is 5. The van der Waals surface area contributed by atoms with Gasteiger partial charge in [0.2, 0.25) is 0 Å². The van der Waals surface area contributed by atoms with Gasteiger partial charge in [0.1, 0.15) is 22.4 Å². The summed E-state index contributed by atoms with van der Waals surface area (Å²) in [5.74, 6) is 1.82. The van der Waals surface area contributed by atoms with Gasteiger partial charge in [-0.05, 0) is 23.0 Å². The Morgan fingerprint density at radius 1 is 1.25 bits per heavy atom. The number of piperazine rings is 1. The Hall–Kier alpha value is -0.880. The molecular formula is C10H16BrN5. The van der Waals surface area contributed by atoms with Crippen molar-refractivity contribution in [3.8, 4) is 0 Å². The van der Waals surface area contributed by atoms with Gasteiger partial charge in [-0.3, -0.25) is 0 Å². The molecule has 0 bridgehead atoms. The molecule has 5 nitrogen and oxygen atoms in total. The summed E-state index contributed by atoms with van der Waals surface area (Å²) in [6.45, 7) is 4.17. The van der Waals surface area contributed by atoms with E-state index >= 15 is 0 Å². The summed E-state index contributed by atoms with van der Waals surface area (Å²) in [6.07, 6.45) is 1.60. The van der Waals surface area contributed by atoms with Gasteiger partial charge in [-0.15, -0.1) is 0 Å². The Kier molecular flexibility index (Phi) is 3.60. The van der Waals surface area contributed by atoms with Crippen LogP contribution in [0.2, 0.25) is 0 Å². The molecular weight excluding hydrogens is 270 g/mol. The number of likely N-dealkylation sites (N-methyl/N-ethyl adjacent to an activating group) is 1. The fourth-order valence-electron chi connectivity index (χ4n) is 1.77. The lowest BCUT2D eigenvalue weighted by molar-refractivity contribution is 0.312. The van der Waals surface area contributed by atoms with E-state index in [2.05, 4.69) is 48.1 Å². The molecule has 0 atom stereocenters. The topological polar surface area (TPSA) is 44.3 Å². The van der Waals surface area contributed by atoms with E-state index in [-0.39, 0.29) is 0 Å². The van der Waals surface area contributed by atoms with Gasteiger partial charge >= 0.3 is 0 Å². The zero-order chi connectivity index (χ0) is 11.5. The Morgan fingerprint density at radius 3 is 2.56 bits per heavy atom. The molecule has 1 aromatic heterocycles. The predicted octanol–water partition coefficient (Wildman–Crippen LogP) is 1.03. The summed E-state index contributed by atoms with van der Waals surface area (Å²) >= 11 is 3.55. The Labute approximate surface area is 104 Å². The van der Waals surface area contributed by atoms with Crippen LogP contribution < -0.4 is 10.2 Å². The number of hydrogen-bond donors (Lipinski definition) is 1. The first-order chi connectivity index (χ1) is 7.72. The zero-order valence-electron chi connectivity index (χ0n) is 9.57. The molecule has 2 heterocycles. The summed E-state index contributed by atoms with van der Waals surface area (Å²) in [4.78, 5) is 13.1. The highest BCUT2D eigenvalue weighted by Gasteiger charge is 2.19. The van der Waals surface area contributed by atoms with Crippen molar-refractivity contribution in [3.63, 3.8) is 0 Å². The molecule has 16 heavy (non-hydrogen) atoms. The van der Waals surface area contributed by atoms with Crippen LogP contribution in [0.3, 0.4) is 0 Å². The number of nitrogens with zero attached hydrogens (tertiary/aromatic N) is 4. The van der Waals surface area contributed by atoms with Crippen LogP contribution in [0.25, 0.3) is 0 Å². The molecule has 0 spiro atoms. The predicted molar refractivity (Wildman–Crippen MR) is 69.0 cm³/mol. The molecule has 0 saturated carbocycles. The lowest BCUT2D eigenvalue weighted by Crippen LogP contribution is -2.45. The van der Waals surface area contributed by atoms with Crippen LogP contribution in [-0.2, 0) is 0 Å². The summed E-state index contributed by atoms with van der Waals surface area (Å²) in [5.41, 5.74) is 0. The maximum absolute atomic E-state index is 4.35. The SMILES string of the molecule is CNc1ncnc(N2CCN(C)CC2)c1Br. The minimum Gasteiger partial charge on any atom is -0.372 e. The van der Waals surface area contributed by atoms with Crippen molar-refractivity contribution >= 4 is 27.6 Å². The molecule has 0 radical (unpaired) electrons. The van der Waals surface area contributed by atoms with Crippen LogP contribution >= 0.6 is 15.9 Å². The summed E-state index contributed by atoms with van der Waals surface area (Å²) < 4.78 is 0.946. The summed E-state index contributed by atoms with van der Waals surface area (Å²) in [6, 6.07) is 0. The van der Waals surface area contributed by atoms with E-state index in [1.165, 1.54) is 0 Å². The van der Waals surface area contributed by atoms with Crippen LogP contribution in [0.15, 0.2) is 10.8 Å². The molecule has 0 unspecified atom stereocenters. The van der Waals surface area contributed by atoms with E-state index in [4.69, 9.17) is 0 Å². The van der Waals surface area contributed by atoms with Crippen molar-refractivity contribution in [2.24, 2.45) is 0 Å². The molecule has 1 aliphatic rings. The average Bonchev–Trinajstić information content (AvgIpc) is 2.31. The van der Waals surface area contributed by atoms with Crippen LogP contribution in [-0.4, -0.2) is 55.1 Å². The van der Waals surface area contributed by atoms with Gasteiger partial charge in [0.25, 0.3) is 0 Å². The number of halogens is 1. The second-order valence-corrected chi connectivity index (χ2v) is 4.69. The maximum atomic E-state index is 4.35. The molecule has 2 rings (SSSR count). The zero-order valence-corrected chi connectivity index (χ0v) is 11.2. The van der Waals surface area contributed by atoms with E-state index in [0.717, 1.165) is 42.3 Å². The van der Waals surface area contributed by atoms with Crippen LogP contribution in [0.1, 0.15) is 0 Å². The fraction of sp³-hybridized carbons (Fsp3) is 0.600. The van der Waals surface area contributed by atoms with Gasteiger partial charge in [0.05, 0.1) is 0 Å². The van der Waals surface area contributed by atoms with Crippen molar-refractivity contribution < 1.29 is 0 Å². The van der Waals surface area contributed by atoms with Gasteiger partial charge in [0, 0.05) is 33.2 Å². The summed E-state index contributed by atoms with van der Waals surface area (Å²) in [7, 11) is 4.01. The quantitative estimate of drug-likeness (QED) is 0.880. The molecule has 1 saturated heterocycles. The largest absolute Gasteiger partial charge is 0.372 e. The van der Waals surface area contributed by atoms with Gasteiger partial charge in [-0.1, -0.05) is 0 Å². The van der Waals surface area contributed by atoms with Crippen LogP contribution in [0, 0.1) is 0 Å². The molecule has 1 aliphatic heterocycles. The van der Waals surface area contributed by atoms with Crippen molar-refractivity contribution in [3.05, 3.63) is 10.8 Å². The van der Waals surface area contributed by atoms with Gasteiger partial charge in [0.15, 0.2) is 0 Å². The van der Waals surface area contributed by atoms with Crippen molar-refractivity contribution in [2.75, 3.05) is 50.5 Å². The normalized spacial score (nSPS) is 17.6. The maximum Gasteiger partial charge on any atom is 0.148 e. The minimum absolute atomic E-state index is 0.837. The average molecular weight is 286 g/mol. The van der Waals surface area contributed by atoms with Gasteiger partial charge in [-0.2, -0.15) is 0 Å². The third-order valence-electron chi connectivity index (χ3n) is 2.81. The molecule has 6 heteroatoms. The van der Waals surface area contributed by atoms with Gasteiger partial charge < -0.3 is 15.1 Å². The Morgan fingerprint density at radius 2 is 1.94 bits per heavy atom. The molecule has 88 valence electrons. The second kappa shape index (κ2) is 4.97. The number of nitrogens with one attached hydrogen (secondary N) is 1. The third-order valence-corrected chi connectivity index (χ3v) is 3.54. The van der Waals surface area contributed by atoms with E-state index in [1.54, 1.807) is 6.33 Å². The molecule has 0 aliphatic carbocycles. The molecule has 1 N–H and O–H groups in total. The standard InChI is InChI=1S/C10H16BrN5/c1-12-9-8(11)10(14-7-13-9)16-5-3-15(2)4-6-16/h7H,3-6H2,1-2H3,(H,12,13,14). The van der Waals surface area contributed by atoms with E-state index < -0.39 is 0 Å². The minimum atomic E-state index is 0.837. The third kappa shape index (κ3) is 2.27. The highest BCUT2D eigenvalue weighted by molar-refractivity contribution is 9.10. The number of aromatic nitrogens is 2. The van der Waals surface area contributed by atoms with Gasteiger partial charge in [-0.25, -0.2) is 9.97 Å². The van der Waals surface area contributed by atoms with Crippen molar-refractivity contribution in [2.45, 2.75) is 0 Å². The second-order valence-electron chi connectivity index (χ2n) is 3.90. The molecule has 0 amide bonds. The molecule has 0 aromatic carbocycles.